The molecule has 0 aliphatic carbocycles. The van der Waals surface area contributed by atoms with E-state index in [2.05, 4.69) is 4.72 Å². The van der Waals surface area contributed by atoms with Crippen LogP contribution in [-0.2, 0) is 21.4 Å². The Kier molecular flexibility index (Phi) is 6.44. The van der Waals surface area contributed by atoms with Gasteiger partial charge in [-0.25, -0.2) is 13.1 Å². The van der Waals surface area contributed by atoms with Crippen molar-refractivity contribution in [2.24, 2.45) is 0 Å². The van der Waals surface area contributed by atoms with E-state index in [-0.39, 0.29) is 11.5 Å². The highest BCUT2D eigenvalue weighted by molar-refractivity contribution is 7.89. The highest BCUT2D eigenvalue weighted by Crippen LogP contribution is 2.17. The molecule has 0 aromatic heterocycles. The average molecular weight is 287 g/mol. The van der Waals surface area contributed by atoms with Gasteiger partial charge in [-0.05, 0) is 37.5 Å². The molecule has 5 nitrogen and oxygen atoms in total. The topological polar surface area (TPSA) is 75.6 Å². The van der Waals surface area contributed by atoms with Crippen LogP contribution in [0, 0.1) is 6.92 Å². The Morgan fingerprint density at radius 3 is 2.74 bits per heavy atom. The molecule has 19 heavy (non-hydrogen) atoms. The predicted molar refractivity (Wildman–Crippen MR) is 73.4 cm³/mol. The van der Waals surface area contributed by atoms with Gasteiger partial charge in [0.25, 0.3) is 0 Å². The van der Waals surface area contributed by atoms with Crippen LogP contribution in [0.15, 0.2) is 23.1 Å². The maximum absolute atomic E-state index is 12.1. The van der Waals surface area contributed by atoms with E-state index in [0.717, 1.165) is 0 Å². The van der Waals surface area contributed by atoms with Crippen LogP contribution in [0.25, 0.3) is 0 Å². The lowest BCUT2D eigenvalue weighted by Crippen LogP contribution is -2.26. The summed E-state index contributed by atoms with van der Waals surface area (Å²) in [5.41, 5.74) is 1.25. The van der Waals surface area contributed by atoms with Crippen molar-refractivity contribution in [3.8, 4) is 0 Å². The number of nitrogens with one attached hydrogen (secondary N) is 1. The van der Waals surface area contributed by atoms with Gasteiger partial charge in [-0.15, -0.1) is 0 Å². The quantitative estimate of drug-likeness (QED) is 0.704. The van der Waals surface area contributed by atoms with Crippen molar-refractivity contribution in [1.29, 1.82) is 0 Å². The summed E-state index contributed by atoms with van der Waals surface area (Å²) in [7, 11) is -3.53. The van der Waals surface area contributed by atoms with E-state index >= 15 is 0 Å². The standard InChI is InChI=1S/C13H21NO4S/c1-3-18-8-4-7-14-19(16,17)13-9-12(10-15)6-5-11(13)2/h5-6,9,14-15H,3-4,7-8,10H2,1-2H3. The summed E-state index contributed by atoms with van der Waals surface area (Å²) < 4.78 is 31.9. The molecule has 0 amide bonds. The molecule has 2 N–H and O–H groups in total. The lowest BCUT2D eigenvalue weighted by molar-refractivity contribution is 0.146. The smallest absolute Gasteiger partial charge is 0.240 e. The molecule has 108 valence electrons. The fourth-order valence-corrected chi connectivity index (χ4v) is 3.00. The van der Waals surface area contributed by atoms with Crippen LogP contribution in [0.1, 0.15) is 24.5 Å². The van der Waals surface area contributed by atoms with Gasteiger partial charge in [0.2, 0.25) is 10.0 Å². The van der Waals surface area contributed by atoms with E-state index in [1.165, 1.54) is 6.07 Å². The summed E-state index contributed by atoms with van der Waals surface area (Å²) in [6.45, 7) is 4.96. The largest absolute Gasteiger partial charge is 0.392 e. The maximum atomic E-state index is 12.1. The fourth-order valence-electron chi connectivity index (χ4n) is 1.64. The first-order valence-corrected chi connectivity index (χ1v) is 7.77. The number of hydrogen-bond donors (Lipinski definition) is 2. The van der Waals surface area contributed by atoms with E-state index < -0.39 is 10.0 Å². The first-order valence-electron chi connectivity index (χ1n) is 6.29. The van der Waals surface area contributed by atoms with E-state index in [4.69, 9.17) is 9.84 Å². The first kappa shape index (κ1) is 16.1. The number of aliphatic hydroxyl groups is 1. The minimum absolute atomic E-state index is 0.173. The van der Waals surface area contributed by atoms with Crippen LogP contribution >= 0.6 is 0 Å². The Morgan fingerprint density at radius 2 is 2.11 bits per heavy atom. The van der Waals surface area contributed by atoms with E-state index in [0.29, 0.717) is 37.3 Å². The molecule has 0 saturated carbocycles. The van der Waals surface area contributed by atoms with Crippen LogP contribution < -0.4 is 4.72 Å². The lowest BCUT2D eigenvalue weighted by Gasteiger charge is -2.10. The Labute approximate surface area is 114 Å². The Bertz CT molecular complexity index is 499. The van der Waals surface area contributed by atoms with Gasteiger partial charge in [0, 0.05) is 19.8 Å². The van der Waals surface area contributed by atoms with Crippen molar-refractivity contribution >= 4 is 10.0 Å². The van der Waals surface area contributed by atoms with Crippen molar-refractivity contribution in [1.82, 2.24) is 4.72 Å². The normalized spacial score (nSPS) is 11.7. The highest BCUT2D eigenvalue weighted by Gasteiger charge is 2.16. The van der Waals surface area contributed by atoms with E-state index in [1.807, 2.05) is 6.92 Å². The number of ether oxygens (including phenoxy) is 1. The minimum atomic E-state index is -3.53. The number of rotatable bonds is 8. The second-order valence-corrected chi connectivity index (χ2v) is 5.94. The molecule has 0 unspecified atom stereocenters. The van der Waals surface area contributed by atoms with Gasteiger partial charge in [0.05, 0.1) is 11.5 Å². The molecule has 0 aliphatic rings. The van der Waals surface area contributed by atoms with Crippen LogP contribution in [0.5, 0.6) is 0 Å². The van der Waals surface area contributed by atoms with Crippen LogP contribution in [-0.4, -0.2) is 33.3 Å². The third-order valence-electron chi connectivity index (χ3n) is 2.69. The Balaban J connectivity index is 2.71. The molecule has 0 heterocycles. The Hall–Kier alpha value is -0.950. The summed E-state index contributed by atoms with van der Waals surface area (Å²) in [4.78, 5) is 0.218. The van der Waals surface area contributed by atoms with E-state index in [1.54, 1.807) is 19.1 Å². The van der Waals surface area contributed by atoms with Crippen molar-refractivity contribution in [3.63, 3.8) is 0 Å². The van der Waals surface area contributed by atoms with Crippen molar-refractivity contribution in [2.45, 2.75) is 31.8 Å². The molecule has 0 radical (unpaired) electrons. The highest BCUT2D eigenvalue weighted by atomic mass is 32.2. The zero-order valence-electron chi connectivity index (χ0n) is 11.3. The lowest BCUT2D eigenvalue weighted by atomic mass is 10.2. The molecule has 0 fully saturated rings. The predicted octanol–water partition coefficient (Wildman–Crippen LogP) is 1.19. The monoisotopic (exact) mass is 287 g/mol. The summed E-state index contributed by atoms with van der Waals surface area (Å²) in [5.74, 6) is 0. The minimum Gasteiger partial charge on any atom is -0.392 e. The fraction of sp³-hybridized carbons (Fsp3) is 0.538. The van der Waals surface area contributed by atoms with Crippen molar-refractivity contribution in [3.05, 3.63) is 29.3 Å². The molecule has 1 aromatic rings. The molecule has 1 rings (SSSR count). The van der Waals surface area contributed by atoms with Crippen LogP contribution in [0.2, 0.25) is 0 Å². The van der Waals surface area contributed by atoms with Crippen LogP contribution in [0.3, 0.4) is 0 Å². The van der Waals surface area contributed by atoms with Gasteiger partial charge in [-0.3, -0.25) is 0 Å². The van der Waals surface area contributed by atoms with Gasteiger partial charge >= 0.3 is 0 Å². The number of benzene rings is 1. The van der Waals surface area contributed by atoms with Gasteiger partial charge < -0.3 is 9.84 Å². The number of hydrogen-bond acceptors (Lipinski definition) is 4. The second kappa shape index (κ2) is 7.59. The third-order valence-corrected chi connectivity index (χ3v) is 4.29. The molecule has 0 saturated heterocycles. The zero-order chi connectivity index (χ0) is 14.3. The molecular formula is C13H21NO4S. The molecule has 6 heteroatoms. The summed E-state index contributed by atoms with van der Waals surface area (Å²) in [5, 5.41) is 9.06. The number of aryl methyl sites for hydroxylation is 1. The van der Waals surface area contributed by atoms with Gasteiger partial charge in [-0.2, -0.15) is 0 Å². The second-order valence-electron chi connectivity index (χ2n) is 4.21. The Morgan fingerprint density at radius 1 is 1.37 bits per heavy atom. The molecular weight excluding hydrogens is 266 g/mol. The number of aliphatic hydroxyl groups excluding tert-OH is 1. The molecule has 0 bridgehead atoms. The van der Waals surface area contributed by atoms with E-state index in [9.17, 15) is 8.42 Å². The molecule has 1 aromatic carbocycles. The summed E-state index contributed by atoms with van der Waals surface area (Å²) in [6, 6.07) is 4.91. The molecule has 0 spiro atoms. The third kappa shape index (κ3) is 4.91. The molecule has 0 aliphatic heterocycles. The van der Waals surface area contributed by atoms with Gasteiger partial charge in [0.1, 0.15) is 0 Å². The molecule has 0 atom stereocenters. The summed E-state index contributed by atoms with van der Waals surface area (Å²) >= 11 is 0. The number of sulfonamides is 1. The summed E-state index contributed by atoms with van der Waals surface area (Å²) in [6.07, 6.45) is 0.631. The first-order chi connectivity index (χ1) is 9.01. The van der Waals surface area contributed by atoms with Crippen molar-refractivity contribution < 1.29 is 18.3 Å². The SMILES string of the molecule is CCOCCCNS(=O)(=O)c1cc(CO)ccc1C. The van der Waals surface area contributed by atoms with Crippen molar-refractivity contribution in [2.75, 3.05) is 19.8 Å². The zero-order valence-corrected chi connectivity index (χ0v) is 12.2. The average Bonchev–Trinajstić information content (AvgIpc) is 2.39. The van der Waals surface area contributed by atoms with Gasteiger partial charge in [0.15, 0.2) is 0 Å². The van der Waals surface area contributed by atoms with Crippen LogP contribution in [0.4, 0.5) is 0 Å². The maximum Gasteiger partial charge on any atom is 0.240 e. The van der Waals surface area contributed by atoms with Gasteiger partial charge in [-0.1, -0.05) is 12.1 Å².